The van der Waals surface area contributed by atoms with E-state index in [0.717, 1.165) is 16.9 Å². The average Bonchev–Trinajstić information content (AvgIpc) is 2.67. The molecule has 1 heterocycles. The molecule has 0 aliphatic rings. The SMILES string of the molecule is O=Cc1csc(-c2ccccc2)n1. The van der Waals surface area contributed by atoms with E-state index < -0.39 is 0 Å². The smallest absolute Gasteiger partial charge is 0.169 e. The Balaban J connectivity index is 2.41. The van der Waals surface area contributed by atoms with E-state index in [0.29, 0.717) is 5.69 Å². The number of nitrogens with zero attached hydrogens (tertiary/aromatic N) is 1. The number of aromatic nitrogens is 1. The van der Waals surface area contributed by atoms with Gasteiger partial charge in [-0.2, -0.15) is 0 Å². The van der Waals surface area contributed by atoms with Crippen LogP contribution in [0.2, 0.25) is 0 Å². The number of aldehydes is 1. The molecule has 2 aromatic rings. The predicted molar refractivity (Wildman–Crippen MR) is 52.9 cm³/mol. The summed E-state index contributed by atoms with van der Waals surface area (Å²) in [4.78, 5) is 14.5. The number of carbonyl (C=O) groups excluding carboxylic acids is 1. The Morgan fingerprint density at radius 3 is 2.62 bits per heavy atom. The largest absolute Gasteiger partial charge is 0.296 e. The van der Waals surface area contributed by atoms with Crippen molar-refractivity contribution in [2.24, 2.45) is 0 Å². The quantitative estimate of drug-likeness (QED) is 0.680. The molecule has 0 radical (unpaired) electrons. The molecular weight excluding hydrogens is 182 g/mol. The van der Waals surface area contributed by atoms with Crippen LogP contribution in [0.15, 0.2) is 35.7 Å². The molecule has 0 fully saturated rings. The molecule has 0 atom stereocenters. The minimum Gasteiger partial charge on any atom is -0.296 e. The van der Waals surface area contributed by atoms with Gasteiger partial charge in [0.15, 0.2) is 6.29 Å². The maximum atomic E-state index is 10.4. The Kier molecular flexibility index (Phi) is 2.19. The van der Waals surface area contributed by atoms with Crippen LogP contribution >= 0.6 is 11.3 Å². The maximum Gasteiger partial charge on any atom is 0.169 e. The van der Waals surface area contributed by atoms with Crippen LogP contribution in [0.3, 0.4) is 0 Å². The molecule has 0 aliphatic carbocycles. The average molecular weight is 189 g/mol. The summed E-state index contributed by atoms with van der Waals surface area (Å²) < 4.78 is 0. The Labute approximate surface area is 79.9 Å². The lowest BCUT2D eigenvalue weighted by molar-refractivity contribution is 0.111. The van der Waals surface area contributed by atoms with E-state index >= 15 is 0 Å². The van der Waals surface area contributed by atoms with Crippen molar-refractivity contribution in [1.29, 1.82) is 0 Å². The molecule has 1 aromatic carbocycles. The zero-order valence-electron chi connectivity index (χ0n) is 6.81. The van der Waals surface area contributed by atoms with Crippen LogP contribution in [0.5, 0.6) is 0 Å². The topological polar surface area (TPSA) is 30.0 Å². The Hall–Kier alpha value is -1.48. The van der Waals surface area contributed by atoms with Gasteiger partial charge in [0.1, 0.15) is 10.7 Å². The molecule has 13 heavy (non-hydrogen) atoms. The standard InChI is InChI=1S/C10H7NOS/c12-6-9-7-13-10(11-9)8-4-2-1-3-5-8/h1-7H. The molecule has 3 heteroatoms. The minimum absolute atomic E-state index is 0.504. The Bertz CT molecular complexity index is 408. The molecule has 0 spiro atoms. The Morgan fingerprint density at radius 1 is 1.23 bits per heavy atom. The number of thiazole rings is 1. The second-order valence-electron chi connectivity index (χ2n) is 2.56. The lowest BCUT2D eigenvalue weighted by atomic mass is 10.2. The monoisotopic (exact) mass is 189 g/mol. The van der Waals surface area contributed by atoms with E-state index in [1.807, 2.05) is 30.3 Å². The highest BCUT2D eigenvalue weighted by molar-refractivity contribution is 7.13. The summed E-state index contributed by atoms with van der Waals surface area (Å²) in [7, 11) is 0. The van der Waals surface area contributed by atoms with Gasteiger partial charge >= 0.3 is 0 Å². The molecule has 64 valence electrons. The van der Waals surface area contributed by atoms with Gasteiger partial charge in [-0.15, -0.1) is 11.3 Å². The van der Waals surface area contributed by atoms with E-state index in [9.17, 15) is 4.79 Å². The molecule has 0 aliphatic heterocycles. The van der Waals surface area contributed by atoms with Crippen LogP contribution in [0, 0.1) is 0 Å². The van der Waals surface area contributed by atoms with Gasteiger partial charge in [0.2, 0.25) is 0 Å². The molecule has 0 bridgehead atoms. The fourth-order valence-electron chi connectivity index (χ4n) is 1.05. The number of hydrogen-bond donors (Lipinski definition) is 0. The van der Waals surface area contributed by atoms with Gasteiger partial charge in [-0.25, -0.2) is 4.98 Å². The van der Waals surface area contributed by atoms with Gasteiger partial charge in [0, 0.05) is 10.9 Å². The van der Waals surface area contributed by atoms with E-state index in [4.69, 9.17) is 0 Å². The van der Waals surface area contributed by atoms with Gasteiger partial charge in [-0.1, -0.05) is 30.3 Å². The fourth-order valence-corrected chi connectivity index (χ4v) is 1.82. The highest BCUT2D eigenvalue weighted by Gasteiger charge is 2.01. The number of hydrogen-bond acceptors (Lipinski definition) is 3. The molecule has 0 saturated carbocycles. The van der Waals surface area contributed by atoms with Gasteiger partial charge in [-0.3, -0.25) is 4.79 Å². The third-order valence-electron chi connectivity index (χ3n) is 1.66. The van der Waals surface area contributed by atoms with Gasteiger partial charge in [0.25, 0.3) is 0 Å². The first-order chi connectivity index (χ1) is 6.40. The third-order valence-corrected chi connectivity index (χ3v) is 2.57. The van der Waals surface area contributed by atoms with Crippen molar-refractivity contribution in [3.8, 4) is 10.6 Å². The maximum absolute atomic E-state index is 10.4. The van der Waals surface area contributed by atoms with E-state index in [-0.39, 0.29) is 0 Å². The number of benzene rings is 1. The minimum atomic E-state index is 0.504. The molecule has 1 aromatic heterocycles. The summed E-state index contributed by atoms with van der Waals surface area (Å²) in [5, 5.41) is 2.65. The second kappa shape index (κ2) is 3.49. The Morgan fingerprint density at radius 2 is 2.00 bits per heavy atom. The van der Waals surface area contributed by atoms with E-state index in [1.54, 1.807) is 5.38 Å². The van der Waals surface area contributed by atoms with Crippen LogP contribution in [0.25, 0.3) is 10.6 Å². The lowest BCUT2D eigenvalue weighted by Crippen LogP contribution is -1.79. The van der Waals surface area contributed by atoms with Crippen molar-refractivity contribution < 1.29 is 4.79 Å². The predicted octanol–water partition coefficient (Wildman–Crippen LogP) is 2.62. The first kappa shape index (κ1) is 8.13. The number of rotatable bonds is 2. The summed E-state index contributed by atoms with van der Waals surface area (Å²) in [5.41, 5.74) is 1.56. The van der Waals surface area contributed by atoms with Crippen LogP contribution in [0.4, 0.5) is 0 Å². The van der Waals surface area contributed by atoms with Crippen LogP contribution in [-0.4, -0.2) is 11.3 Å². The zero-order valence-corrected chi connectivity index (χ0v) is 7.62. The molecular formula is C10H7NOS. The molecule has 2 rings (SSSR count). The van der Waals surface area contributed by atoms with Crippen molar-refractivity contribution >= 4 is 17.6 Å². The van der Waals surface area contributed by atoms with Gasteiger partial charge in [-0.05, 0) is 0 Å². The first-order valence-corrected chi connectivity index (χ1v) is 4.74. The van der Waals surface area contributed by atoms with Crippen LogP contribution in [0.1, 0.15) is 10.5 Å². The summed E-state index contributed by atoms with van der Waals surface area (Å²) in [5.74, 6) is 0. The van der Waals surface area contributed by atoms with E-state index in [2.05, 4.69) is 4.98 Å². The molecule has 0 N–H and O–H groups in total. The van der Waals surface area contributed by atoms with Crippen LogP contribution < -0.4 is 0 Å². The van der Waals surface area contributed by atoms with Crippen molar-refractivity contribution in [2.75, 3.05) is 0 Å². The van der Waals surface area contributed by atoms with Crippen molar-refractivity contribution in [3.05, 3.63) is 41.4 Å². The van der Waals surface area contributed by atoms with Crippen molar-refractivity contribution in [1.82, 2.24) is 4.98 Å². The third kappa shape index (κ3) is 1.65. The highest BCUT2D eigenvalue weighted by atomic mass is 32.1. The van der Waals surface area contributed by atoms with Gasteiger partial charge < -0.3 is 0 Å². The molecule has 0 unspecified atom stereocenters. The van der Waals surface area contributed by atoms with E-state index in [1.165, 1.54) is 11.3 Å². The summed E-state index contributed by atoms with van der Waals surface area (Å²) >= 11 is 1.48. The molecule has 0 saturated heterocycles. The lowest BCUT2D eigenvalue weighted by Gasteiger charge is -1.92. The molecule has 0 amide bonds. The fraction of sp³-hybridized carbons (Fsp3) is 0. The number of carbonyl (C=O) groups is 1. The zero-order chi connectivity index (χ0) is 9.10. The molecule has 2 nitrogen and oxygen atoms in total. The first-order valence-electron chi connectivity index (χ1n) is 3.86. The van der Waals surface area contributed by atoms with Gasteiger partial charge in [0.05, 0.1) is 0 Å². The normalized spacial score (nSPS) is 9.85. The summed E-state index contributed by atoms with van der Waals surface area (Å²) in [6, 6.07) is 9.83. The summed E-state index contributed by atoms with van der Waals surface area (Å²) in [6.07, 6.45) is 0.767. The summed E-state index contributed by atoms with van der Waals surface area (Å²) in [6.45, 7) is 0. The van der Waals surface area contributed by atoms with Crippen molar-refractivity contribution in [3.63, 3.8) is 0 Å². The van der Waals surface area contributed by atoms with Crippen LogP contribution in [-0.2, 0) is 0 Å². The highest BCUT2D eigenvalue weighted by Crippen LogP contribution is 2.22. The van der Waals surface area contributed by atoms with Crippen molar-refractivity contribution in [2.45, 2.75) is 0 Å². The second-order valence-corrected chi connectivity index (χ2v) is 3.42.